The van der Waals surface area contributed by atoms with Gasteiger partial charge in [-0.3, -0.25) is 9.59 Å². The SMILES string of the molecule is Cc1cccc(C(=O)NCc2nnc(SCC(=O)N[C@H]3CCCC[C@@H]3C)n2C)c1. The maximum Gasteiger partial charge on any atom is 0.251 e. The van der Waals surface area contributed by atoms with E-state index >= 15 is 0 Å². The molecule has 0 bridgehead atoms. The van der Waals surface area contributed by atoms with Crippen LogP contribution in [0.1, 0.15) is 54.4 Å². The predicted molar refractivity (Wildman–Crippen MR) is 114 cm³/mol. The Hall–Kier alpha value is -2.35. The van der Waals surface area contributed by atoms with Crippen LogP contribution in [0.3, 0.4) is 0 Å². The molecule has 0 saturated heterocycles. The number of hydrogen-bond donors (Lipinski definition) is 2. The van der Waals surface area contributed by atoms with Crippen molar-refractivity contribution in [2.45, 2.75) is 57.3 Å². The molecule has 1 aliphatic rings. The first kappa shape index (κ1) is 21.4. The molecule has 1 aliphatic carbocycles. The van der Waals surface area contributed by atoms with Crippen LogP contribution in [0, 0.1) is 12.8 Å². The third-order valence-electron chi connectivity index (χ3n) is 5.40. The van der Waals surface area contributed by atoms with Crippen LogP contribution in [-0.2, 0) is 18.4 Å². The number of thioether (sulfide) groups is 1. The van der Waals surface area contributed by atoms with E-state index in [4.69, 9.17) is 0 Å². The summed E-state index contributed by atoms with van der Waals surface area (Å²) in [6, 6.07) is 7.73. The Morgan fingerprint density at radius 3 is 2.79 bits per heavy atom. The third-order valence-corrected chi connectivity index (χ3v) is 6.42. The molecule has 3 rings (SSSR count). The largest absolute Gasteiger partial charge is 0.352 e. The number of rotatable bonds is 7. The van der Waals surface area contributed by atoms with Gasteiger partial charge in [0.2, 0.25) is 5.91 Å². The van der Waals surface area contributed by atoms with Crippen molar-refractivity contribution < 1.29 is 9.59 Å². The highest BCUT2D eigenvalue weighted by molar-refractivity contribution is 7.99. The van der Waals surface area contributed by atoms with E-state index < -0.39 is 0 Å². The van der Waals surface area contributed by atoms with E-state index in [1.165, 1.54) is 31.0 Å². The highest BCUT2D eigenvalue weighted by atomic mass is 32.2. The Kier molecular flexibility index (Phi) is 7.30. The van der Waals surface area contributed by atoms with Crippen molar-refractivity contribution in [3.63, 3.8) is 0 Å². The topological polar surface area (TPSA) is 88.9 Å². The van der Waals surface area contributed by atoms with Crippen molar-refractivity contribution >= 4 is 23.6 Å². The van der Waals surface area contributed by atoms with Gasteiger partial charge >= 0.3 is 0 Å². The van der Waals surface area contributed by atoms with Crippen molar-refractivity contribution in [1.29, 1.82) is 0 Å². The molecule has 0 aliphatic heterocycles. The molecule has 2 atom stereocenters. The number of amides is 2. The van der Waals surface area contributed by atoms with E-state index in [0.29, 0.717) is 28.2 Å². The lowest BCUT2D eigenvalue weighted by atomic mass is 9.86. The zero-order chi connectivity index (χ0) is 20.8. The van der Waals surface area contributed by atoms with E-state index in [1.807, 2.05) is 36.7 Å². The lowest BCUT2D eigenvalue weighted by Crippen LogP contribution is -2.41. The van der Waals surface area contributed by atoms with Gasteiger partial charge in [0, 0.05) is 18.7 Å². The van der Waals surface area contributed by atoms with Crippen molar-refractivity contribution in [3.05, 3.63) is 41.2 Å². The zero-order valence-corrected chi connectivity index (χ0v) is 18.1. The smallest absolute Gasteiger partial charge is 0.251 e. The molecule has 2 aromatic rings. The van der Waals surface area contributed by atoms with Gasteiger partial charge in [-0.15, -0.1) is 10.2 Å². The number of carbonyl (C=O) groups excluding carboxylic acids is 2. The molecule has 1 fully saturated rings. The number of aryl methyl sites for hydroxylation is 1. The minimum atomic E-state index is -0.146. The summed E-state index contributed by atoms with van der Waals surface area (Å²) in [5.41, 5.74) is 1.66. The second-order valence-corrected chi connectivity index (χ2v) is 8.68. The van der Waals surface area contributed by atoms with Crippen LogP contribution in [-0.4, -0.2) is 38.4 Å². The van der Waals surface area contributed by atoms with Gasteiger partial charge in [-0.1, -0.05) is 49.2 Å². The quantitative estimate of drug-likeness (QED) is 0.679. The number of nitrogens with one attached hydrogen (secondary N) is 2. The summed E-state index contributed by atoms with van der Waals surface area (Å²) < 4.78 is 1.82. The highest BCUT2D eigenvalue weighted by Gasteiger charge is 2.23. The normalized spacial score (nSPS) is 19.0. The van der Waals surface area contributed by atoms with Crippen LogP contribution in [0.5, 0.6) is 0 Å². The van der Waals surface area contributed by atoms with Gasteiger partial charge in [-0.05, 0) is 37.8 Å². The van der Waals surface area contributed by atoms with Crippen LogP contribution in [0.25, 0.3) is 0 Å². The van der Waals surface area contributed by atoms with E-state index in [2.05, 4.69) is 27.8 Å². The Morgan fingerprint density at radius 1 is 1.24 bits per heavy atom. The fraction of sp³-hybridized carbons (Fsp3) is 0.524. The van der Waals surface area contributed by atoms with Gasteiger partial charge in [-0.25, -0.2) is 0 Å². The molecule has 2 amide bonds. The van der Waals surface area contributed by atoms with E-state index in [0.717, 1.165) is 12.0 Å². The average molecular weight is 416 g/mol. The Morgan fingerprint density at radius 2 is 2.03 bits per heavy atom. The minimum Gasteiger partial charge on any atom is -0.352 e. The minimum absolute atomic E-state index is 0.0334. The Bertz CT molecular complexity index is 867. The van der Waals surface area contributed by atoms with E-state index in [1.54, 1.807) is 6.07 Å². The average Bonchev–Trinajstić information content (AvgIpc) is 3.06. The summed E-state index contributed by atoms with van der Waals surface area (Å²) >= 11 is 1.36. The first-order valence-electron chi connectivity index (χ1n) is 10.1. The molecule has 7 nitrogen and oxygen atoms in total. The molecule has 8 heteroatoms. The van der Waals surface area contributed by atoms with Gasteiger partial charge in [0.25, 0.3) is 5.91 Å². The molecule has 0 radical (unpaired) electrons. The monoisotopic (exact) mass is 415 g/mol. The molecule has 0 spiro atoms. The van der Waals surface area contributed by atoms with Gasteiger partial charge in [0.05, 0.1) is 12.3 Å². The molecule has 1 heterocycles. The molecular weight excluding hydrogens is 386 g/mol. The second kappa shape index (κ2) is 9.91. The summed E-state index contributed by atoms with van der Waals surface area (Å²) in [5.74, 6) is 1.38. The fourth-order valence-corrected chi connectivity index (χ4v) is 4.32. The predicted octanol–water partition coefficient (Wildman–Crippen LogP) is 2.84. The summed E-state index contributed by atoms with van der Waals surface area (Å²) in [6.45, 7) is 4.44. The van der Waals surface area contributed by atoms with Gasteiger partial charge in [0.1, 0.15) is 0 Å². The van der Waals surface area contributed by atoms with Gasteiger partial charge in [0.15, 0.2) is 11.0 Å². The second-order valence-electron chi connectivity index (χ2n) is 7.73. The summed E-state index contributed by atoms with van der Waals surface area (Å²) in [4.78, 5) is 24.6. The summed E-state index contributed by atoms with van der Waals surface area (Å²) in [5, 5.41) is 15.0. The number of hydrogen-bond acceptors (Lipinski definition) is 5. The molecule has 1 aromatic carbocycles. The summed E-state index contributed by atoms with van der Waals surface area (Å²) in [7, 11) is 1.84. The Labute approximate surface area is 176 Å². The molecule has 1 saturated carbocycles. The standard InChI is InChI=1S/C21H29N5O2S/c1-14-7-6-9-16(11-14)20(28)22-12-18-24-25-21(26(18)3)29-13-19(27)23-17-10-5-4-8-15(17)2/h6-7,9,11,15,17H,4-5,8,10,12-13H2,1-3H3,(H,22,28)(H,23,27)/t15-,17-/m0/s1. The third kappa shape index (κ3) is 5.82. The van der Waals surface area contributed by atoms with Crippen molar-refractivity contribution in [3.8, 4) is 0 Å². The lowest BCUT2D eigenvalue weighted by Gasteiger charge is -2.29. The van der Waals surface area contributed by atoms with E-state index in [9.17, 15) is 9.59 Å². The van der Waals surface area contributed by atoms with Crippen LogP contribution in [0.2, 0.25) is 0 Å². The lowest BCUT2D eigenvalue weighted by molar-refractivity contribution is -0.119. The molecule has 29 heavy (non-hydrogen) atoms. The number of benzene rings is 1. The first-order valence-corrected chi connectivity index (χ1v) is 11.1. The van der Waals surface area contributed by atoms with Crippen molar-refractivity contribution in [2.75, 3.05) is 5.75 Å². The van der Waals surface area contributed by atoms with Gasteiger partial charge in [-0.2, -0.15) is 0 Å². The zero-order valence-electron chi connectivity index (χ0n) is 17.3. The highest BCUT2D eigenvalue weighted by Crippen LogP contribution is 2.24. The number of carbonyl (C=O) groups is 2. The van der Waals surface area contributed by atoms with E-state index in [-0.39, 0.29) is 24.4 Å². The maximum atomic E-state index is 12.3. The summed E-state index contributed by atoms with van der Waals surface area (Å²) in [6.07, 6.45) is 4.68. The molecule has 0 unspecified atom stereocenters. The van der Waals surface area contributed by atoms with Gasteiger partial charge < -0.3 is 15.2 Å². The van der Waals surface area contributed by atoms with Crippen LogP contribution >= 0.6 is 11.8 Å². The molecular formula is C21H29N5O2S. The Balaban J connectivity index is 1.48. The van der Waals surface area contributed by atoms with Crippen LogP contribution < -0.4 is 10.6 Å². The fourth-order valence-electron chi connectivity index (χ4n) is 3.58. The number of nitrogens with zero attached hydrogens (tertiary/aromatic N) is 3. The number of aromatic nitrogens is 3. The first-order chi connectivity index (χ1) is 13.9. The molecule has 1 aromatic heterocycles. The molecule has 2 N–H and O–H groups in total. The van der Waals surface area contributed by atoms with Crippen molar-refractivity contribution in [2.24, 2.45) is 13.0 Å². The van der Waals surface area contributed by atoms with Crippen LogP contribution in [0.4, 0.5) is 0 Å². The van der Waals surface area contributed by atoms with Crippen molar-refractivity contribution in [1.82, 2.24) is 25.4 Å². The van der Waals surface area contributed by atoms with Crippen LogP contribution in [0.15, 0.2) is 29.4 Å². The maximum absolute atomic E-state index is 12.3. The molecule has 156 valence electrons.